The molecule has 2 atom stereocenters. The van der Waals surface area contributed by atoms with Gasteiger partial charge >= 0.3 is 0 Å². The van der Waals surface area contributed by atoms with Crippen LogP contribution in [-0.2, 0) is 11.3 Å². The molecule has 0 aliphatic carbocycles. The second-order valence-electron chi connectivity index (χ2n) is 6.81. The molecule has 2 heterocycles. The van der Waals surface area contributed by atoms with Crippen molar-refractivity contribution in [2.45, 2.75) is 38.1 Å². The van der Waals surface area contributed by atoms with Gasteiger partial charge in [-0.2, -0.15) is 5.26 Å². The number of nitrogens with two attached hydrogens (primary N) is 1. The van der Waals surface area contributed by atoms with E-state index in [-0.39, 0.29) is 18.5 Å². The van der Waals surface area contributed by atoms with Crippen LogP contribution < -0.4 is 11.1 Å². The molecule has 0 radical (unpaired) electrons. The highest BCUT2D eigenvalue weighted by Gasteiger charge is 2.44. The summed E-state index contributed by atoms with van der Waals surface area (Å²) >= 11 is 3.27. The molecule has 0 bridgehead atoms. The average Bonchev–Trinajstić information content (AvgIpc) is 2.62. The third-order valence-corrected chi connectivity index (χ3v) is 5.61. The zero-order valence-corrected chi connectivity index (χ0v) is 16.1. The van der Waals surface area contributed by atoms with E-state index < -0.39 is 11.6 Å². The van der Waals surface area contributed by atoms with Gasteiger partial charge in [0.15, 0.2) is 5.79 Å². The minimum Gasteiger partial charge on any atom is -0.355 e. The molecule has 0 aromatic heterocycles. The third kappa shape index (κ3) is 3.47. The van der Waals surface area contributed by atoms with Crippen LogP contribution in [0.3, 0.4) is 0 Å². The number of hydrogen-bond acceptors (Lipinski definition) is 5. The number of amides is 1. The molecule has 0 spiro atoms. The largest absolute Gasteiger partial charge is 0.355 e. The molecule has 3 N–H and O–H groups in total. The van der Waals surface area contributed by atoms with Gasteiger partial charge in [0, 0.05) is 25.3 Å². The fourth-order valence-electron chi connectivity index (χ4n) is 3.53. The van der Waals surface area contributed by atoms with Crippen molar-refractivity contribution in [3.05, 3.63) is 45.8 Å². The van der Waals surface area contributed by atoms with Gasteiger partial charge in [0.1, 0.15) is 5.82 Å². The van der Waals surface area contributed by atoms with Gasteiger partial charge in [-0.15, -0.1) is 0 Å². The number of benzene rings is 1. The molecule has 2 aliphatic heterocycles. The summed E-state index contributed by atoms with van der Waals surface area (Å²) in [5, 5.41) is 12.6. The molecule has 8 heteroatoms. The summed E-state index contributed by atoms with van der Waals surface area (Å²) < 4.78 is 14.1. The van der Waals surface area contributed by atoms with E-state index in [0.29, 0.717) is 22.2 Å². The van der Waals surface area contributed by atoms with E-state index in [1.807, 2.05) is 6.92 Å². The Morgan fingerprint density at radius 3 is 3.00 bits per heavy atom. The molecule has 1 saturated heterocycles. The molecule has 3 rings (SSSR count). The summed E-state index contributed by atoms with van der Waals surface area (Å²) in [6.07, 6.45) is 3.52. The van der Waals surface area contributed by atoms with Gasteiger partial charge in [0.25, 0.3) is 5.91 Å². The van der Waals surface area contributed by atoms with E-state index in [0.717, 1.165) is 19.4 Å². The minimum absolute atomic E-state index is 0.0394. The van der Waals surface area contributed by atoms with Crippen LogP contribution in [0.1, 0.15) is 30.9 Å². The van der Waals surface area contributed by atoms with E-state index >= 15 is 0 Å². The molecule has 1 aromatic carbocycles. The van der Waals surface area contributed by atoms with Gasteiger partial charge in [-0.05, 0) is 59.5 Å². The average molecular weight is 422 g/mol. The van der Waals surface area contributed by atoms with Crippen LogP contribution in [-0.4, -0.2) is 40.6 Å². The molecule has 1 aromatic rings. The first-order valence-electron chi connectivity index (χ1n) is 8.49. The Morgan fingerprint density at radius 2 is 2.31 bits per heavy atom. The van der Waals surface area contributed by atoms with Gasteiger partial charge in [-0.25, -0.2) is 4.39 Å². The van der Waals surface area contributed by atoms with Crippen molar-refractivity contribution in [3.63, 3.8) is 0 Å². The quantitative estimate of drug-likeness (QED) is 0.778. The number of likely N-dealkylation sites (tertiary alicyclic amines) is 1. The number of carbonyl (C=O) groups excluding carboxylic acids is 1. The first kappa shape index (κ1) is 18.8. The van der Waals surface area contributed by atoms with Crippen LogP contribution in [0.2, 0.25) is 0 Å². The first-order valence-corrected chi connectivity index (χ1v) is 9.29. The number of carbonyl (C=O) groups is 1. The fourth-order valence-corrected chi connectivity index (χ4v) is 3.86. The van der Waals surface area contributed by atoms with Crippen LogP contribution >= 0.6 is 15.9 Å². The van der Waals surface area contributed by atoms with Crippen LogP contribution in [0.25, 0.3) is 0 Å². The summed E-state index contributed by atoms with van der Waals surface area (Å²) in [6, 6.07) is 6.10. The fraction of sp³-hybridized carbons (Fsp3) is 0.444. The van der Waals surface area contributed by atoms with Gasteiger partial charge in [0.05, 0.1) is 22.7 Å². The Morgan fingerprint density at radius 1 is 1.54 bits per heavy atom. The Kier molecular flexibility index (Phi) is 5.32. The summed E-state index contributed by atoms with van der Waals surface area (Å²) in [5.41, 5.74) is 6.95. The van der Waals surface area contributed by atoms with E-state index in [2.05, 4.69) is 32.2 Å². The smallest absolute Gasteiger partial charge is 0.265 e. The van der Waals surface area contributed by atoms with E-state index in [9.17, 15) is 14.4 Å². The number of hydrogen-bond donors (Lipinski definition) is 2. The summed E-state index contributed by atoms with van der Waals surface area (Å²) in [6.45, 7) is 3.45. The lowest BCUT2D eigenvalue weighted by Crippen LogP contribution is -2.71. The predicted octanol–water partition coefficient (Wildman–Crippen LogP) is 1.96. The standard InChI is InChI=1S/C18H21BrFN5O/c1-18(24-6-2-3-15(22)11-24)23-9-16(19)17(26)25(18)10-13-7-14(20)5-4-12(13)8-21/h4-5,7,9,15,23H,2-3,6,10-11,22H2,1H3/t15-,18?/m1/s1. The molecule has 26 heavy (non-hydrogen) atoms. The highest BCUT2D eigenvalue weighted by atomic mass is 79.9. The molecular formula is C18H21BrFN5O. The predicted molar refractivity (Wildman–Crippen MR) is 99.0 cm³/mol. The molecule has 1 fully saturated rings. The lowest BCUT2D eigenvalue weighted by molar-refractivity contribution is -0.150. The van der Waals surface area contributed by atoms with Crippen LogP contribution in [0.4, 0.5) is 4.39 Å². The van der Waals surface area contributed by atoms with Crippen molar-refractivity contribution in [1.29, 1.82) is 5.26 Å². The number of piperidine rings is 1. The van der Waals surface area contributed by atoms with Crippen molar-refractivity contribution in [2.24, 2.45) is 5.73 Å². The molecular weight excluding hydrogens is 401 g/mol. The van der Waals surface area contributed by atoms with Crippen LogP contribution in [0.5, 0.6) is 0 Å². The molecule has 1 amide bonds. The van der Waals surface area contributed by atoms with Gasteiger partial charge in [-0.3, -0.25) is 14.6 Å². The maximum Gasteiger partial charge on any atom is 0.265 e. The Hall–Kier alpha value is -1.95. The Labute approximate surface area is 160 Å². The number of nitriles is 1. The van der Waals surface area contributed by atoms with Crippen molar-refractivity contribution >= 4 is 21.8 Å². The maximum absolute atomic E-state index is 13.7. The van der Waals surface area contributed by atoms with Crippen molar-refractivity contribution in [1.82, 2.24) is 15.1 Å². The van der Waals surface area contributed by atoms with E-state index in [1.54, 1.807) is 11.1 Å². The van der Waals surface area contributed by atoms with Gasteiger partial charge in [-0.1, -0.05) is 0 Å². The maximum atomic E-state index is 13.7. The SMILES string of the molecule is CC1(N2CCC[C@@H](N)C2)NC=C(Br)C(=O)N1Cc1cc(F)ccc1C#N. The van der Waals surface area contributed by atoms with E-state index in [1.165, 1.54) is 18.2 Å². The Bertz CT molecular complexity index is 792. The van der Waals surface area contributed by atoms with Crippen LogP contribution in [0.15, 0.2) is 28.9 Å². The molecule has 138 valence electrons. The van der Waals surface area contributed by atoms with Crippen LogP contribution in [0, 0.1) is 17.1 Å². The number of nitrogens with zero attached hydrogens (tertiary/aromatic N) is 3. The molecule has 1 unspecified atom stereocenters. The van der Waals surface area contributed by atoms with Gasteiger partial charge in [0.2, 0.25) is 0 Å². The summed E-state index contributed by atoms with van der Waals surface area (Å²) in [4.78, 5) is 16.6. The summed E-state index contributed by atoms with van der Waals surface area (Å²) in [5.74, 6) is -1.47. The first-order chi connectivity index (χ1) is 12.3. The highest BCUT2D eigenvalue weighted by Crippen LogP contribution is 2.31. The lowest BCUT2D eigenvalue weighted by atomic mass is 10.0. The minimum atomic E-state index is -0.814. The monoisotopic (exact) mass is 421 g/mol. The number of nitrogens with one attached hydrogen (secondary N) is 1. The second-order valence-corrected chi connectivity index (χ2v) is 7.66. The normalized spacial score (nSPS) is 26.9. The highest BCUT2D eigenvalue weighted by molar-refractivity contribution is 9.12. The van der Waals surface area contributed by atoms with Crippen molar-refractivity contribution in [2.75, 3.05) is 13.1 Å². The second kappa shape index (κ2) is 7.35. The molecule has 0 saturated carbocycles. The third-order valence-electron chi connectivity index (χ3n) is 5.04. The summed E-state index contributed by atoms with van der Waals surface area (Å²) in [7, 11) is 0. The topological polar surface area (TPSA) is 85.4 Å². The number of halogens is 2. The Balaban J connectivity index is 1.98. The van der Waals surface area contributed by atoms with Crippen molar-refractivity contribution < 1.29 is 9.18 Å². The zero-order valence-electron chi connectivity index (χ0n) is 14.5. The van der Waals surface area contributed by atoms with Gasteiger partial charge < -0.3 is 11.1 Å². The lowest BCUT2D eigenvalue weighted by Gasteiger charge is -2.52. The molecule has 2 aliphatic rings. The molecule has 6 nitrogen and oxygen atoms in total. The van der Waals surface area contributed by atoms with E-state index in [4.69, 9.17) is 5.73 Å². The number of rotatable bonds is 3. The zero-order chi connectivity index (χ0) is 18.9. The van der Waals surface area contributed by atoms with Crippen molar-refractivity contribution in [3.8, 4) is 6.07 Å².